The number of benzene rings is 1. The molecule has 0 fully saturated rings. The molecule has 0 aliphatic rings. The minimum atomic E-state index is -0.0576. The van der Waals surface area contributed by atoms with Crippen molar-refractivity contribution in [3.63, 3.8) is 0 Å². The molecule has 0 saturated heterocycles. The molecule has 2 nitrogen and oxygen atoms in total. The Morgan fingerprint density at radius 1 is 1.24 bits per heavy atom. The lowest BCUT2D eigenvalue weighted by Gasteiger charge is -2.18. The molecule has 0 radical (unpaired) electrons. The zero-order valence-corrected chi connectivity index (χ0v) is 11.0. The highest BCUT2D eigenvalue weighted by Crippen LogP contribution is 2.25. The van der Waals surface area contributed by atoms with Gasteiger partial charge in [-0.15, -0.1) is 0 Å². The van der Waals surface area contributed by atoms with Gasteiger partial charge in [0.05, 0.1) is 12.5 Å². The summed E-state index contributed by atoms with van der Waals surface area (Å²) in [5.74, 6) is 0.355. The van der Waals surface area contributed by atoms with E-state index in [0.717, 1.165) is 12.8 Å². The molecular formula is C15H22O2. The number of esters is 1. The van der Waals surface area contributed by atoms with E-state index in [1.54, 1.807) is 0 Å². The van der Waals surface area contributed by atoms with Crippen LogP contribution in [0.25, 0.3) is 0 Å². The largest absolute Gasteiger partial charge is 0.466 e. The summed E-state index contributed by atoms with van der Waals surface area (Å²) in [6, 6.07) is 10.3. The van der Waals surface area contributed by atoms with E-state index in [4.69, 9.17) is 4.74 Å². The van der Waals surface area contributed by atoms with Gasteiger partial charge in [-0.3, -0.25) is 4.79 Å². The molecule has 2 unspecified atom stereocenters. The number of hydrogen-bond acceptors (Lipinski definition) is 2. The molecule has 0 spiro atoms. The maximum Gasteiger partial charge on any atom is 0.308 e. The van der Waals surface area contributed by atoms with Crippen molar-refractivity contribution in [2.45, 2.75) is 39.5 Å². The molecule has 0 bridgehead atoms. The van der Waals surface area contributed by atoms with E-state index in [0.29, 0.717) is 12.5 Å². The van der Waals surface area contributed by atoms with E-state index in [1.165, 1.54) is 5.56 Å². The van der Waals surface area contributed by atoms with E-state index in [1.807, 2.05) is 32.0 Å². The molecule has 2 atom stereocenters. The monoisotopic (exact) mass is 234 g/mol. The molecule has 1 rings (SSSR count). The van der Waals surface area contributed by atoms with Crippen molar-refractivity contribution in [3.05, 3.63) is 35.9 Å². The van der Waals surface area contributed by atoms with Gasteiger partial charge in [0.25, 0.3) is 0 Å². The smallest absolute Gasteiger partial charge is 0.308 e. The molecule has 0 N–H and O–H groups in total. The Labute approximate surface area is 104 Å². The Balaban J connectivity index is 2.59. The molecule has 0 aliphatic heterocycles. The molecule has 0 aromatic heterocycles. The van der Waals surface area contributed by atoms with Gasteiger partial charge in [0.1, 0.15) is 0 Å². The fourth-order valence-electron chi connectivity index (χ4n) is 2.03. The van der Waals surface area contributed by atoms with Gasteiger partial charge in [-0.1, -0.05) is 44.2 Å². The quantitative estimate of drug-likeness (QED) is 0.700. The minimum absolute atomic E-state index is 0.0187. The lowest BCUT2D eigenvalue weighted by molar-refractivity contribution is -0.148. The number of carbonyl (C=O) groups excluding carboxylic acids is 1. The first-order valence-corrected chi connectivity index (χ1v) is 6.40. The number of ether oxygens (including phenoxy) is 1. The van der Waals surface area contributed by atoms with E-state index in [2.05, 4.69) is 19.1 Å². The first kappa shape index (κ1) is 13.8. The van der Waals surface area contributed by atoms with E-state index < -0.39 is 0 Å². The fraction of sp³-hybridized carbons (Fsp3) is 0.533. The lowest BCUT2D eigenvalue weighted by atomic mass is 9.89. The van der Waals surface area contributed by atoms with Gasteiger partial charge in [-0.05, 0) is 31.2 Å². The van der Waals surface area contributed by atoms with Crippen LogP contribution >= 0.6 is 0 Å². The summed E-state index contributed by atoms with van der Waals surface area (Å²) in [6.07, 6.45) is 1.70. The molecular weight excluding hydrogens is 212 g/mol. The molecule has 2 heteroatoms. The van der Waals surface area contributed by atoms with Crippen LogP contribution in [0.3, 0.4) is 0 Å². The van der Waals surface area contributed by atoms with Crippen LogP contribution in [0.2, 0.25) is 0 Å². The van der Waals surface area contributed by atoms with Gasteiger partial charge in [0.15, 0.2) is 0 Å². The van der Waals surface area contributed by atoms with Crippen LogP contribution in [0.1, 0.15) is 45.1 Å². The van der Waals surface area contributed by atoms with Gasteiger partial charge in [0.2, 0.25) is 0 Å². The zero-order chi connectivity index (χ0) is 12.7. The molecule has 1 aromatic carbocycles. The van der Waals surface area contributed by atoms with Crippen molar-refractivity contribution in [3.8, 4) is 0 Å². The maximum atomic E-state index is 11.7. The third kappa shape index (κ3) is 4.22. The predicted octanol–water partition coefficient (Wildman–Crippen LogP) is 3.77. The van der Waals surface area contributed by atoms with Gasteiger partial charge in [-0.2, -0.15) is 0 Å². The van der Waals surface area contributed by atoms with Gasteiger partial charge >= 0.3 is 5.97 Å². The highest BCUT2D eigenvalue weighted by Gasteiger charge is 2.20. The first-order valence-electron chi connectivity index (χ1n) is 6.40. The third-order valence-electron chi connectivity index (χ3n) is 3.12. The average Bonchev–Trinajstić information content (AvgIpc) is 2.37. The second-order valence-corrected chi connectivity index (χ2v) is 4.40. The average molecular weight is 234 g/mol. The standard InChI is InChI=1S/C15H22O2/c1-4-13(15(16)17-5-2)11-12(3)14-9-7-6-8-10-14/h6-10,12-13H,4-5,11H2,1-3H3. The van der Waals surface area contributed by atoms with Crippen LogP contribution in [-0.2, 0) is 9.53 Å². The summed E-state index contributed by atoms with van der Waals surface area (Å²) in [6.45, 7) is 6.52. The number of rotatable bonds is 6. The van der Waals surface area contributed by atoms with Crippen LogP contribution in [0.5, 0.6) is 0 Å². The van der Waals surface area contributed by atoms with Crippen LogP contribution < -0.4 is 0 Å². The third-order valence-corrected chi connectivity index (χ3v) is 3.12. The molecule has 94 valence electrons. The minimum Gasteiger partial charge on any atom is -0.466 e. The van der Waals surface area contributed by atoms with Crippen molar-refractivity contribution in [2.75, 3.05) is 6.61 Å². The fourth-order valence-corrected chi connectivity index (χ4v) is 2.03. The first-order chi connectivity index (χ1) is 8.19. The van der Waals surface area contributed by atoms with Gasteiger partial charge in [-0.25, -0.2) is 0 Å². The van der Waals surface area contributed by atoms with Crippen LogP contribution in [-0.4, -0.2) is 12.6 Å². The van der Waals surface area contributed by atoms with Crippen molar-refractivity contribution in [1.29, 1.82) is 0 Å². The highest BCUT2D eigenvalue weighted by atomic mass is 16.5. The molecule has 0 aliphatic carbocycles. The maximum absolute atomic E-state index is 11.7. The summed E-state index contributed by atoms with van der Waals surface area (Å²) in [4.78, 5) is 11.7. The summed E-state index contributed by atoms with van der Waals surface area (Å²) >= 11 is 0. The Morgan fingerprint density at radius 3 is 2.41 bits per heavy atom. The molecule has 0 saturated carbocycles. The summed E-state index contributed by atoms with van der Waals surface area (Å²) in [7, 11) is 0. The van der Waals surface area contributed by atoms with Crippen molar-refractivity contribution < 1.29 is 9.53 Å². The number of hydrogen-bond donors (Lipinski definition) is 0. The lowest BCUT2D eigenvalue weighted by Crippen LogP contribution is -2.19. The second-order valence-electron chi connectivity index (χ2n) is 4.40. The number of carbonyl (C=O) groups is 1. The van der Waals surface area contributed by atoms with E-state index in [9.17, 15) is 4.79 Å². The molecule has 0 amide bonds. The topological polar surface area (TPSA) is 26.3 Å². The van der Waals surface area contributed by atoms with Crippen LogP contribution in [0.15, 0.2) is 30.3 Å². The predicted molar refractivity (Wildman–Crippen MR) is 69.9 cm³/mol. The summed E-state index contributed by atoms with van der Waals surface area (Å²) in [5.41, 5.74) is 1.29. The van der Waals surface area contributed by atoms with Crippen molar-refractivity contribution in [2.24, 2.45) is 5.92 Å². The Kier molecular flexibility index (Phi) is 5.75. The zero-order valence-electron chi connectivity index (χ0n) is 11.0. The SMILES string of the molecule is CCOC(=O)C(CC)CC(C)c1ccccc1. The molecule has 17 heavy (non-hydrogen) atoms. The van der Waals surface area contributed by atoms with Crippen molar-refractivity contribution in [1.82, 2.24) is 0 Å². The van der Waals surface area contributed by atoms with Gasteiger partial charge in [0, 0.05) is 0 Å². The summed E-state index contributed by atoms with van der Waals surface area (Å²) in [5, 5.41) is 0. The van der Waals surface area contributed by atoms with E-state index in [-0.39, 0.29) is 11.9 Å². The normalized spacial score (nSPS) is 14.1. The molecule has 1 aromatic rings. The Bertz CT molecular complexity index is 332. The second kappa shape index (κ2) is 7.10. The van der Waals surface area contributed by atoms with E-state index >= 15 is 0 Å². The molecule has 0 heterocycles. The van der Waals surface area contributed by atoms with Crippen LogP contribution in [0.4, 0.5) is 0 Å². The summed E-state index contributed by atoms with van der Waals surface area (Å²) < 4.78 is 5.09. The van der Waals surface area contributed by atoms with Crippen LogP contribution in [0, 0.1) is 5.92 Å². The van der Waals surface area contributed by atoms with Gasteiger partial charge < -0.3 is 4.74 Å². The highest BCUT2D eigenvalue weighted by molar-refractivity contribution is 5.72. The van der Waals surface area contributed by atoms with Crippen molar-refractivity contribution >= 4 is 5.97 Å². The Hall–Kier alpha value is -1.31. The Morgan fingerprint density at radius 2 is 1.88 bits per heavy atom.